The minimum atomic E-state index is 1.26. The van der Waals surface area contributed by atoms with Gasteiger partial charge < -0.3 is 0 Å². The Hall–Kier alpha value is -0.440. The highest BCUT2D eigenvalue weighted by atomic mass is 14.1. The highest BCUT2D eigenvalue weighted by Crippen LogP contribution is 2.24. The highest BCUT2D eigenvalue weighted by molar-refractivity contribution is 5.20. The third kappa shape index (κ3) is 2.10. The fourth-order valence-electron chi connectivity index (χ4n) is 1.28. The average Bonchev–Trinajstić information content (AvgIpc) is 1.91. The Morgan fingerprint density at radius 1 is 1.11 bits per heavy atom. The first-order valence-corrected chi connectivity index (χ1v) is 3.71. The SMILES string of the molecule is CC#C[C]1CCCCC1. The lowest BCUT2D eigenvalue weighted by atomic mass is 9.90. The van der Waals surface area contributed by atoms with E-state index in [0.29, 0.717) is 0 Å². The molecule has 0 heterocycles. The molecule has 1 aliphatic rings. The van der Waals surface area contributed by atoms with Crippen molar-refractivity contribution in [2.75, 3.05) is 0 Å². The van der Waals surface area contributed by atoms with Crippen LogP contribution in [0.1, 0.15) is 39.0 Å². The van der Waals surface area contributed by atoms with Gasteiger partial charge in [0.1, 0.15) is 0 Å². The second-order valence-electron chi connectivity index (χ2n) is 2.54. The molecular weight excluding hydrogens is 108 g/mol. The van der Waals surface area contributed by atoms with Crippen LogP contribution in [-0.2, 0) is 0 Å². The van der Waals surface area contributed by atoms with Crippen LogP contribution in [0.3, 0.4) is 0 Å². The van der Waals surface area contributed by atoms with Crippen LogP contribution >= 0.6 is 0 Å². The third-order valence-electron chi connectivity index (χ3n) is 1.76. The normalized spacial score (nSPS) is 20.6. The zero-order chi connectivity index (χ0) is 6.53. The first kappa shape index (κ1) is 6.68. The summed E-state index contributed by atoms with van der Waals surface area (Å²) in [7, 11) is 0. The molecule has 1 rings (SSSR count). The summed E-state index contributed by atoms with van der Waals surface area (Å²) in [6, 6.07) is 0. The molecule has 0 aromatic heterocycles. The van der Waals surface area contributed by atoms with Crippen LogP contribution in [0.25, 0.3) is 0 Å². The van der Waals surface area contributed by atoms with Crippen molar-refractivity contribution in [3.05, 3.63) is 5.92 Å². The zero-order valence-corrected chi connectivity index (χ0v) is 6.04. The molecule has 0 N–H and O–H groups in total. The van der Waals surface area contributed by atoms with Gasteiger partial charge in [0.05, 0.1) is 0 Å². The Kier molecular flexibility index (Phi) is 2.64. The second kappa shape index (κ2) is 3.56. The summed E-state index contributed by atoms with van der Waals surface area (Å²) in [4.78, 5) is 0. The molecule has 0 nitrogen and oxygen atoms in total. The van der Waals surface area contributed by atoms with E-state index < -0.39 is 0 Å². The van der Waals surface area contributed by atoms with Crippen LogP contribution in [0, 0.1) is 17.8 Å². The van der Waals surface area contributed by atoms with Crippen LogP contribution in [0.4, 0.5) is 0 Å². The van der Waals surface area contributed by atoms with E-state index in [1.807, 2.05) is 6.92 Å². The van der Waals surface area contributed by atoms with E-state index in [1.54, 1.807) is 0 Å². The summed E-state index contributed by atoms with van der Waals surface area (Å²) in [5.41, 5.74) is 0. The van der Waals surface area contributed by atoms with Crippen LogP contribution < -0.4 is 0 Å². The van der Waals surface area contributed by atoms with E-state index in [4.69, 9.17) is 0 Å². The average molecular weight is 121 g/mol. The molecule has 0 spiro atoms. The predicted molar refractivity (Wildman–Crippen MR) is 39.8 cm³/mol. The van der Waals surface area contributed by atoms with Crippen molar-refractivity contribution in [3.63, 3.8) is 0 Å². The van der Waals surface area contributed by atoms with Gasteiger partial charge in [-0.05, 0) is 19.8 Å². The Balaban J connectivity index is 2.28. The van der Waals surface area contributed by atoms with E-state index in [1.165, 1.54) is 38.0 Å². The van der Waals surface area contributed by atoms with Crippen molar-refractivity contribution < 1.29 is 0 Å². The monoisotopic (exact) mass is 121 g/mol. The smallest absolute Gasteiger partial charge is 0.0479 e. The molecule has 0 amide bonds. The quantitative estimate of drug-likeness (QED) is 0.432. The minimum absolute atomic E-state index is 1.26. The van der Waals surface area contributed by atoms with Gasteiger partial charge in [0.25, 0.3) is 0 Å². The Morgan fingerprint density at radius 3 is 2.33 bits per heavy atom. The van der Waals surface area contributed by atoms with Gasteiger partial charge in [-0.15, -0.1) is 5.92 Å². The molecule has 1 aliphatic carbocycles. The largest absolute Gasteiger partial charge is 0.106 e. The lowest BCUT2D eigenvalue weighted by Gasteiger charge is -2.14. The highest BCUT2D eigenvalue weighted by Gasteiger charge is 2.09. The summed E-state index contributed by atoms with van der Waals surface area (Å²) in [5.74, 6) is 7.58. The first-order valence-electron chi connectivity index (χ1n) is 3.71. The van der Waals surface area contributed by atoms with Gasteiger partial charge in [-0.2, -0.15) is 0 Å². The van der Waals surface area contributed by atoms with Gasteiger partial charge in [0.15, 0.2) is 0 Å². The minimum Gasteiger partial charge on any atom is -0.106 e. The second-order valence-corrected chi connectivity index (χ2v) is 2.54. The topological polar surface area (TPSA) is 0 Å². The molecule has 1 fully saturated rings. The summed E-state index contributed by atoms with van der Waals surface area (Å²) < 4.78 is 0. The van der Waals surface area contributed by atoms with Gasteiger partial charge in [-0.3, -0.25) is 0 Å². The zero-order valence-electron chi connectivity index (χ0n) is 6.04. The third-order valence-corrected chi connectivity index (χ3v) is 1.76. The van der Waals surface area contributed by atoms with E-state index in [-0.39, 0.29) is 0 Å². The van der Waals surface area contributed by atoms with Gasteiger partial charge in [-0.1, -0.05) is 25.2 Å². The predicted octanol–water partition coefficient (Wildman–Crippen LogP) is 2.55. The standard InChI is InChI=1S/C9H13/c1-2-6-9-7-4-3-5-8-9/h3-5,7-8H2,1H3. The molecule has 0 aromatic carbocycles. The van der Waals surface area contributed by atoms with Gasteiger partial charge in [0.2, 0.25) is 0 Å². The van der Waals surface area contributed by atoms with Crippen molar-refractivity contribution in [3.8, 4) is 11.8 Å². The molecule has 49 valence electrons. The molecule has 0 atom stereocenters. The first-order chi connectivity index (χ1) is 4.43. The maximum Gasteiger partial charge on any atom is 0.0479 e. The summed E-state index contributed by atoms with van der Waals surface area (Å²) in [6.45, 7) is 1.92. The Morgan fingerprint density at radius 2 is 1.78 bits per heavy atom. The van der Waals surface area contributed by atoms with E-state index >= 15 is 0 Å². The van der Waals surface area contributed by atoms with Crippen molar-refractivity contribution in [1.29, 1.82) is 0 Å². The number of hydrogen-bond acceptors (Lipinski definition) is 0. The van der Waals surface area contributed by atoms with Crippen LogP contribution in [0.15, 0.2) is 0 Å². The maximum atomic E-state index is 3.15. The molecule has 0 aromatic rings. The Labute approximate surface area is 57.7 Å². The van der Waals surface area contributed by atoms with Crippen molar-refractivity contribution >= 4 is 0 Å². The summed E-state index contributed by atoms with van der Waals surface area (Å²) in [6.07, 6.45) is 6.67. The van der Waals surface area contributed by atoms with E-state index in [0.717, 1.165) is 0 Å². The maximum absolute atomic E-state index is 3.15. The Bertz CT molecular complexity index is 119. The number of rotatable bonds is 0. The lowest BCUT2D eigenvalue weighted by Crippen LogP contribution is -2.00. The summed E-state index contributed by atoms with van der Waals surface area (Å²) >= 11 is 0. The molecule has 0 bridgehead atoms. The molecule has 0 aliphatic heterocycles. The molecule has 0 unspecified atom stereocenters. The van der Waals surface area contributed by atoms with Gasteiger partial charge in [-0.25, -0.2) is 0 Å². The van der Waals surface area contributed by atoms with Gasteiger partial charge in [0, 0.05) is 5.92 Å². The van der Waals surface area contributed by atoms with Crippen molar-refractivity contribution in [2.24, 2.45) is 0 Å². The fourth-order valence-corrected chi connectivity index (χ4v) is 1.28. The summed E-state index contributed by atoms with van der Waals surface area (Å²) in [5, 5.41) is 0. The van der Waals surface area contributed by atoms with Gasteiger partial charge >= 0.3 is 0 Å². The van der Waals surface area contributed by atoms with Crippen LogP contribution in [0.5, 0.6) is 0 Å². The van der Waals surface area contributed by atoms with Crippen LogP contribution in [-0.4, -0.2) is 0 Å². The molecular formula is C9H13. The molecule has 0 saturated heterocycles. The van der Waals surface area contributed by atoms with Crippen LogP contribution in [0.2, 0.25) is 0 Å². The van der Waals surface area contributed by atoms with Crippen molar-refractivity contribution in [2.45, 2.75) is 39.0 Å². The van der Waals surface area contributed by atoms with Crippen molar-refractivity contribution in [1.82, 2.24) is 0 Å². The van der Waals surface area contributed by atoms with E-state index in [2.05, 4.69) is 11.8 Å². The molecule has 1 radical (unpaired) electrons. The number of hydrogen-bond donors (Lipinski definition) is 0. The fraction of sp³-hybridized carbons (Fsp3) is 0.667. The molecule has 0 heteroatoms. The van der Waals surface area contributed by atoms with E-state index in [9.17, 15) is 0 Å². The molecule has 9 heavy (non-hydrogen) atoms. The lowest BCUT2D eigenvalue weighted by molar-refractivity contribution is 0.563. The molecule has 1 saturated carbocycles.